The minimum Gasteiger partial charge on any atom is -0.393 e. The fraction of sp³-hybridized carbons (Fsp3) is 0.870. The summed E-state index contributed by atoms with van der Waals surface area (Å²) >= 11 is 0. The summed E-state index contributed by atoms with van der Waals surface area (Å²) < 4.78 is 0. The van der Waals surface area contributed by atoms with Crippen molar-refractivity contribution in [2.45, 2.75) is 90.3 Å². The number of hydrogen-bond acceptors (Lipinski definition) is 3. The van der Waals surface area contributed by atoms with Gasteiger partial charge in [-0.2, -0.15) is 0 Å². The zero-order chi connectivity index (χ0) is 18.7. The standard InChI is InChI=1S/C23H36O3/c1-15(14-24)12-17-6-11-23(26)20-5-4-16-13-18(25)7-9-21(16,2)19(20)8-10-22(17,23)3/h12,14,16-20,25-26H,4-11,13H2,1-3H3/b15-12+/t16?,17-,18?,19+,20-,21+,22-,23-/m1/s1. The van der Waals surface area contributed by atoms with Gasteiger partial charge < -0.3 is 10.2 Å². The van der Waals surface area contributed by atoms with Gasteiger partial charge >= 0.3 is 0 Å². The van der Waals surface area contributed by atoms with Crippen LogP contribution in [0.15, 0.2) is 11.6 Å². The van der Waals surface area contributed by atoms with Crippen molar-refractivity contribution < 1.29 is 15.0 Å². The fourth-order valence-corrected chi connectivity index (χ4v) is 7.87. The van der Waals surface area contributed by atoms with E-state index in [1.54, 1.807) is 0 Å². The molecule has 0 radical (unpaired) electrons. The molecular weight excluding hydrogens is 324 g/mol. The number of aldehydes is 1. The molecule has 0 bridgehead atoms. The second-order valence-electron chi connectivity index (χ2n) is 10.5. The first-order valence-corrected chi connectivity index (χ1v) is 10.8. The van der Waals surface area contributed by atoms with Gasteiger partial charge in [0.15, 0.2) is 0 Å². The van der Waals surface area contributed by atoms with E-state index in [0.717, 1.165) is 63.2 Å². The number of rotatable bonds is 2. The third-order valence-corrected chi connectivity index (χ3v) is 9.55. The Morgan fingerprint density at radius 1 is 1.00 bits per heavy atom. The topological polar surface area (TPSA) is 57.5 Å². The summed E-state index contributed by atoms with van der Waals surface area (Å²) in [6.45, 7) is 6.63. The average Bonchev–Trinajstić information content (AvgIpc) is 2.87. The van der Waals surface area contributed by atoms with Crippen molar-refractivity contribution in [1.82, 2.24) is 0 Å². The molecule has 0 amide bonds. The van der Waals surface area contributed by atoms with Gasteiger partial charge in [0.25, 0.3) is 0 Å². The van der Waals surface area contributed by atoms with Crippen LogP contribution in [-0.2, 0) is 4.79 Å². The lowest BCUT2D eigenvalue weighted by Gasteiger charge is -2.63. The molecule has 0 heterocycles. The van der Waals surface area contributed by atoms with Crippen molar-refractivity contribution in [3.8, 4) is 0 Å². The van der Waals surface area contributed by atoms with Gasteiger partial charge in [0.05, 0.1) is 11.7 Å². The third kappa shape index (κ3) is 2.42. The Balaban J connectivity index is 1.65. The van der Waals surface area contributed by atoms with E-state index in [1.807, 2.05) is 6.92 Å². The number of hydrogen-bond donors (Lipinski definition) is 2. The summed E-state index contributed by atoms with van der Waals surface area (Å²) in [5, 5.41) is 22.2. The van der Waals surface area contributed by atoms with Gasteiger partial charge in [-0.15, -0.1) is 0 Å². The maximum atomic E-state index is 12.0. The second kappa shape index (κ2) is 6.17. The molecule has 8 atom stereocenters. The predicted molar refractivity (Wildman–Crippen MR) is 103 cm³/mol. The molecule has 0 aromatic rings. The van der Waals surface area contributed by atoms with Crippen molar-refractivity contribution in [3.05, 3.63) is 11.6 Å². The van der Waals surface area contributed by atoms with Crippen LogP contribution in [0.25, 0.3) is 0 Å². The summed E-state index contributed by atoms with van der Waals surface area (Å²) in [6, 6.07) is 0. The van der Waals surface area contributed by atoms with E-state index in [1.165, 1.54) is 6.42 Å². The van der Waals surface area contributed by atoms with Crippen LogP contribution in [0, 0.1) is 34.5 Å². The smallest absolute Gasteiger partial charge is 0.145 e. The zero-order valence-electron chi connectivity index (χ0n) is 16.7. The van der Waals surface area contributed by atoms with Gasteiger partial charge in [0, 0.05) is 5.41 Å². The summed E-state index contributed by atoms with van der Waals surface area (Å²) in [5.41, 5.74) is 0.394. The molecule has 0 aliphatic heterocycles. The molecule has 0 aromatic heterocycles. The van der Waals surface area contributed by atoms with Gasteiger partial charge in [-0.1, -0.05) is 19.9 Å². The Labute approximate surface area is 158 Å². The van der Waals surface area contributed by atoms with E-state index in [2.05, 4.69) is 19.9 Å². The van der Waals surface area contributed by atoms with Crippen molar-refractivity contribution >= 4 is 6.29 Å². The maximum absolute atomic E-state index is 12.0. The Kier molecular flexibility index (Phi) is 4.43. The highest BCUT2D eigenvalue weighted by molar-refractivity contribution is 5.72. The minimum atomic E-state index is -0.593. The molecular formula is C23H36O3. The Hall–Kier alpha value is -0.670. The molecule has 4 saturated carbocycles. The molecule has 146 valence electrons. The lowest BCUT2D eigenvalue weighted by atomic mass is 9.43. The monoisotopic (exact) mass is 360 g/mol. The van der Waals surface area contributed by atoms with E-state index in [9.17, 15) is 15.0 Å². The van der Waals surface area contributed by atoms with Crippen LogP contribution < -0.4 is 0 Å². The summed E-state index contributed by atoms with van der Waals surface area (Å²) in [5.74, 6) is 1.90. The van der Waals surface area contributed by atoms with Crippen molar-refractivity contribution in [2.24, 2.45) is 34.5 Å². The molecule has 4 rings (SSSR count). The van der Waals surface area contributed by atoms with Gasteiger partial charge in [-0.3, -0.25) is 4.79 Å². The van der Waals surface area contributed by atoms with Gasteiger partial charge in [0.1, 0.15) is 6.29 Å². The largest absolute Gasteiger partial charge is 0.393 e. The predicted octanol–water partition coefficient (Wildman–Crippen LogP) is 4.27. The molecule has 2 unspecified atom stereocenters. The average molecular weight is 361 g/mol. The number of fused-ring (bicyclic) bond motifs is 5. The van der Waals surface area contributed by atoms with Crippen molar-refractivity contribution in [1.29, 1.82) is 0 Å². The van der Waals surface area contributed by atoms with E-state index >= 15 is 0 Å². The first-order valence-electron chi connectivity index (χ1n) is 10.8. The normalized spacial score (nSPS) is 54.2. The molecule has 0 saturated heterocycles. The maximum Gasteiger partial charge on any atom is 0.145 e. The third-order valence-electron chi connectivity index (χ3n) is 9.55. The summed E-state index contributed by atoms with van der Waals surface area (Å²) in [6.07, 6.45) is 12.3. The number of carbonyl (C=O) groups excluding carboxylic acids is 1. The Morgan fingerprint density at radius 2 is 1.77 bits per heavy atom. The molecule has 0 aromatic carbocycles. The molecule has 4 fully saturated rings. The SMILES string of the molecule is C/C(C=O)=C\[C@H]1CC[C@@]2(O)[C@@H]3CCC4CC(O)CC[C@]4(C)[C@H]3CC[C@]12C. The molecule has 4 aliphatic carbocycles. The fourth-order valence-electron chi connectivity index (χ4n) is 7.87. The van der Waals surface area contributed by atoms with Crippen LogP contribution in [0.2, 0.25) is 0 Å². The van der Waals surface area contributed by atoms with Crippen LogP contribution in [0.1, 0.15) is 78.6 Å². The quantitative estimate of drug-likeness (QED) is 0.571. The highest BCUT2D eigenvalue weighted by Gasteiger charge is 2.66. The van der Waals surface area contributed by atoms with E-state index in [-0.39, 0.29) is 16.9 Å². The van der Waals surface area contributed by atoms with E-state index in [4.69, 9.17) is 0 Å². The van der Waals surface area contributed by atoms with Crippen LogP contribution in [0.3, 0.4) is 0 Å². The van der Waals surface area contributed by atoms with Crippen LogP contribution in [0.5, 0.6) is 0 Å². The van der Waals surface area contributed by atoms with Crippen LogP contribution >= 0.6 is 0 Å². The first-order chi connectivity index (χ1) is 12.2. The highest BCUT2D eigenvalue weighted by atomic mass is 16.3. The van der Waals surface area contributed by atoms with Crippen molar-refractivity contribution in [2.75, 3.05) is 0 Å². The molecule has 4 aliphatic rings. The molecule has 26 heavy (non-hydrogen) atoms. The lowest BCUT2D eigenvalue weighted by molar-refractivity contribution is -0.207. The van der Waals surface area contributed by atoms with Gasteiger partial charge in [0.2, 0.25) is 0 Å². The van der Waals surface area contributed by atoms with Gasteiger partial charge in [-0.25, -0.2) is 0 Å². The highest BCUT2D eigenvalue weighted by Crippen LogP contribution is 2.69. The number of carbonyl (C=O) groups is 1. The van der Waals surface area contributed by atoms with Crippen molar-refractivity contribution in [3.63, 3.8) is 0 Å². The minimum absolute atomic E-state index is 0.101. The number of aliphatic hydroxyl groups excluding tert-OH is 1. The zero-order valence-corrected chi connectivity index (χ0v) is 16.7. The number of allylic oxidation sites excluding steroid dienone is 2. The molecule has 0 spiro atoms. The Bertz CT molecular complexity index is 613. The lowest BCUT2D eigenvalue weighted by Crippen LogP contribution is -2.62. The van der Waals surface area contributed by atoms with E-state index < -0.39 is 5.60 Å². The van der Waals surface area contributed by atoms with Crippen LogP contribution in [0.4, 0.5) is 0 Å². The second-order valence-corrected chi connectivity index (χ2v) is 10.5. The summed E-state index contributed by atoms with van der Waals surface area (Å²) in [7, 11) is 0. The van der Waals surface area contributed by atoms with E-state index in [0.29, 0.717) is 23.7 Å². The first kappa shape index (κ1) is 18.7. The van der Waals surface area contributed by atoms with Gasteiger partial charge in [-0.05, 0) is 99.4 Å². The molecule has 2 N–H and O–H groups in total. The molecule has 3 heteroatoms. The van der Waals surface area contributed by atoms with Crippen LogP contribution in [-0.4, -0.2) is 28.2 Å². The summed E-state index contributed by atoms with van der Waals surface area (Å²) in [4.78, 5) is 11.1. The Morgan fingerprint density at radius 3 is 2.50 bits per heavy atom. The molecule has 3 nitrogen and oxygen atoms in total. The number of aliphatic hydroxyl groups is 2.